The molecule has 1 aliphatic heterocycles. The van der Waals surface area contributed by atoms with Crippen LogP contribution in [-0.2, 0) is 6.54 Å². The summed E-state index contributed by atoms with van der Waals surface area (Å²) >= 11 is 0. The van der Waals surface area contributed by atoms with E-state index >= 15 is 0 Å². The van der Waals surface area contributed by atoms with Crippen LogP contribution in [0.5, 0.6) is 0 Å². The van der Waals surface area contributed by atoms with Crippen molar-refractivity contribution in [2.75, 3.05) is 39.1 Å². The number of pyridine rings is 1. The zero-order valence-corrected chi connectivity index (χ0v) is 11.9. The number of aromatic nitrogens is 1. The maximum atomic E-state index is 4.73. The molecule has 2 heterocycles. The first kappa shape index (κ1) is 13.3. The summed E-state index contributed by atoms with van der Waals surface area (Å²) in [6, 6.07) is 5.00. The summed E-state index contributed by atoms with van der Waals surface area (Å²) in [4.78, 5) is 9.43. The first-order chi connectivity index (χ1) is 8.61. The van der Waals surface area contributed by atoms with Crippen molar-refractivity contribution >= 4 is 5.82 Å². The van der Waals surface area contributed by atoms with Gasteiger partial charge in [-0.15, -0.1) is 0 Å². The van der Waals surface area contributed by atoms with Gasteiger partial charge in [-0.3, -0.25) is 0 Å². The van der Waals surface area contributed by atoms with Gasteiger partial charge in [0, 0.05) is 31.4 Å². The van der Waals surface area contributed by atoms with E-state index in [4.69, 9.17) is 4.98 Å². The van der Waals surface area contributed by atoms with Gasteiger partial charge in [0.15, 0.2) is 0 Å². The average molecular weight is 248 g/mol. The molecule has 100 valence electrons. The van der Waals surface area contributed by atoms with E-state index < -0.39 is 0 Å². The number of hydrogen-bond acceptors (Lipinski definition) is 4. The van der Waals surface area contributed by atoms with Gasteiger partial charge in [-0.05, 0) is 46.1 Å². The molecule has 0 spiro atoms. The van der Waals surface area contributed by atoms with Gasteiger partial charge >= 0.3 is 0 Å². The van der Waals surface area contributed by atoms with Gasteiger partial charge < -0.3 is 15.1 Å². The first-order valence-electron chi connectivity index (χ1n) is 6.64. The van der Waals surface area contributed by atoms with Crippen LogP contribution < -0.4 is 10.2 Å². The molecule has 4 nitrogen and oxygen atoms in total. The van der Waals surface area contributed by atoms with Gasteiger partial charge in [0.25, 0.3) is 0 Å². The Morgan fingerprint density at radius 3 is 2.78 bits per heavy atom. The number of hydrogen-bond donors (Lipinski definition) is 1. The normalized spacial score (nSPS) is 19.8. The van der Waals surface area contributed by atoms with Crippen LogP contribution in [0, 0.1) is 6.92 Å². The summed E-state index contributed by atoms with van der Waals surface area (Å²) < 4.78 is 0. The van der Waals surface area contributed by atoms with Crippen LogP contribution in [0.4, 0.5) is 5.82 Å². The zero-order valence-electron chi connectivity index (χ0n) is 11.9. The van der Waals surface area contributed by atoms with Crippen LogP contribution in [0.25, 0.3) is 0 Å². The van der Waals surface area contributed by atoms with Crippen molar-refractivity contribution in [2.45, 2.75) is 25.9 Å². The predicted molar refractivity (Wildman–Crippen MR) is 76.0 cm³/mol. The van der Waals surface area contributed by atoms with Gasteiger partial charge in [-0.2, -0.15) is 0 Å². The predicted octanol–water partition coefficient (Wildman–Crippen LogP) is 1.25. The lowest BCUT2D eigenvalue weighted by atomic mass is 10.2. The molecule has 1 fully saturated rings. The summed E-state index contributed by atoms with van der Waals surface area (Å²) in [6.07, 6.45) is 1.23. The molecule has 0 aliphatic carbocycles. The molecule has 0 aromatic carbocycles. The summed E-state index contributed by atoms with van der Waals surface area (Å²) in [5, 5.41) is 3.18. The Morgan fingerprint density at radius 2 is 2.22 bits per heavy atom. The Balaban J connectivity index is 2.08. The molecule has 1 aromatic rings. The fourth-order valence-corrected chi connectivity index (χ4v) is 2.50. The van der Waals surface area contributed by atoms with Gasteiger partial charge in [0.05, 0.1) is 0 Å². The molecule has 1 unspecified atom stereocenters. The molecule has 0 saturated carbocycles. The molecule has 0 bridgehead atoms. The minimum absolute atomic E-state index is 0.657. The van der Waals surface area contributed by atoms with E-state index in [-0.39, 0.29) is 0 Å². The number of anilines is 1. The first-order valence-corrected chi connectivity index (χ1v) is 6.64. The molecule has 1 aromatic heterocycles. The average Bonchev–Trinajstić information content (AvgIpc) is 2.81. The fraction of sp³-hybridized carbons (Fsp3) is 0.643. The molecule has 18 heavy (non-hydrogen) atoms. The van der Waals surface area contributed by atoms with Crippen molar-refractivity contribution in [3.05, 3.63) is 23.4 Å². The highest BCUT2D eigenvalue weighted by atomic mass is 15.3. The topological polar surface area (TPSA) is 31.4 Å². The molecule has 1 aliphatic rings. The largest absolute Gasteiger partial charge is 0.355 e. The second kappa shape index (κ2) is 5.67. The van der Waals surface area contributed by atoms with E-state index in [0.717, 1.165) is 31.1 Å². The summed E-state index contributed by atoms with van der Waals surface area (Å²) in [5.74, 6) is 1.12. The van der Waals surface area contributed by atoms with E-state index in [1.165, 1.54) is 12.0 Å². The van der Waals surface area contributed by atoms with Crippen molar-refractivity contribution in [3.63, 3.8) is 0 Å². The standard InChI is InChI=1S/C14H24N4/c1-11-12(9-15-2)5-6-14(16-11)18-8-7-13(10-18)17(3)4/h5-6,13,15H,7-10H2,1-4H3. The number of likely N-dealkylation sites (N-methyl/N-ethyl adjacent to an activating group) is 1. The summed E-state index contributed by atoms with van der Waals surface area (Å²) in [5.41, 5.74) is 2.42. The van der Waals surface area contributed by atoms with Gasteiger partial charge in [0.1, 0.15) is 5.82 Å². The van der Waals surface area contributed by atoms with Crippen molar-refractivity contribution in [1.82, 2.24) is 15.2 Å². The lowest BCUT2D eigenvalue weighted by Gasteiger charge is -2.21. The Kier molecular flexibility index (Phi) is 4.19. The monoisotopic (exact) mass is 248 g/mol. The third-order valence-corrected chi connectivity index (χ3v) is 3.77. The van der Waals surface area contributed by atoms with Gasteiger partial charge in [-0.1, -0.05) is 6.07 Å². The molecular formula is C14H24N4. The molecule has 1 N–H and O–H groups in total. The third kappa shape index (κ3) is 2.82. The second-order valence-electron chi connectivity index (χ2n) is 5.30. The van der Waals surface area contributed by atoms with Crippen LogP contribution in [0.3, 0.4) is 0 Å². The van der Waals surface area contributed by atoms with Gasteiger partial charge in [0.2, 0.25) is 0 Å². The molecule has 1 atom stereocenters. The Labute approximate surface area is 110 Å². The maximum Gasteiger partial charge on any atom is 0.128 e. The van der Waals surface area contributed by atoms with Crippen molar-refractivity contribution in [1.29, 1.82) is 0 Å². The lowest BCUT2D eigenvalue weighted by molar-refractivity contribution is 0.315. The molecule has 0 amide bonds. The van der Waals surface area contributed by atoms with E-state index in [1.54, 1.807) is 0 Å². The molecule has 2 rings (SSSR count). The van der Waals surface area contributed by atoms with Crippen LogP contribution in [0.15, 0.2) is 12.1 Å². The highest BCUT2D eigenvalue weighted by Crippen LogP contribution is 2.21. The lowest BCUT2D eigenvalue weighted by Crippen LogP contribution is -2.31. The SMILES string of the molecule is CNCc1ccc(N2CCC(N(C)C)C2)nc1C. The smallest absolute Gasteiger partial charge is 0.128 e. The second-order valence-corrected chi connectivity index (χ2v) is 5.30. The number of nitrogens with zero attached hydrogens (tertiary/aromatic N) is 3. The van der Waals surface area contributed by atoms with Crippen LogP contribution in [0.2, 0.25) is 0 Å². The third-order valence-electron chi connectivity index (χ3n) is 3.77. The zero-order chi connectivity index (χ0) is 13.1. The van der Waals surface area contributed by atoms with E-state index in [0.29, 0.717) is 6.04 Å². The van der Waals surface area contributed by atoms with Crippen molar-refractivity contribution in [2.24, 2.45) is 0 Å². The minimum atomic E-state index is 0.657. The number of rotatable bonds is 4. The highest BCUT2D eigenvalue weighted by Gasteiger charge is 2.24. The Bertz CT molecular complexity index is 403. The maximum absolute atomic E-state index is 4.73. The van der Waals surface area contributed by atoms with Crippen molar-refractivity contribution < 1.29 is 0 Å². The summed E-state index contributed by atoms with van der Waals surface area (Å²) in [6.45, 7) is 5.18. The Morgan fingerprint density at radius 1 is 1.44 bits per heavy atom. The highest BCUT2D eigenvalue weighted by molar-refractivity contribution is 5.43. The van der Waals surface area contributed by atoms with Crippen LogP contribution in [0.1, 0.15) is 17.7 Å². The van der Waals surface area contributed by atoms with Crippen LogP contribution >= 0.6 is 0 Å². The number of aryl methyl sites for hydroxylation is 1. The van der Waals surface area contributed by atoms with E-state index in [1.807, 2.05) is 7.05 Å². The fourth-order valence-electron chi connectivity index (χ4n) is 2.50. The van der Waals surface area contributed by atoms with Crippen LogP contribution in [-0.4, -0.2) is 50.2 Å². The van der Waals surface area contributed by atoms with E-state index in [9.17, 15) is 0 Å². The molecule has 1 saturated heterocycles. The quantitative estimate of drug-likeness (QED) is 0.869. The van der Waals surface area contributed by atoms with E-state index in [2.05, 4.69) is 48.3 Å². The number of nitrogens with one attached hydrogen (secondary N) is 1. The summed E-state index contributed by atoms with van der Waals surface area (Å²) in [7, 11) is 6.28. The van der Waals surface area contributed by atoms with Crippen molar-refractivity contribution in [3.8, 4) is 0 Å². The van der Waals surface area contributed by atoms with Gasteiger partial charge in [-0.25, -0.2) is 4.98 Å². The minimum Gasteiger partial charge on any atom is -0.355 e. The Hall–Kier alpha value is -1.13. The molecule has 0 radical (unpaired) electrons. The molecular weight excluding hydrogens is 224 g/mol. The molecule has 4 heteroatoms.